The van der Waals surface area contributed by atoms with E-state index in [1.165, 1.54) is 0 Å². The molecule has 8 nitrogen and oxygen atoms in total. The van der Waals surface area contributed by atoms with Crippen molar-refractivity contribution in [2.45, 2.75) is 26.3 Å². The molecule has 128 valence electrons. The minimum absolute atomic E-state index is 0.000614. The van der Waals surface area contributed by atoms with Crippen LogP contribution in [0.2, 0.25) is 0 Å². The first kappa shape index (κ1) is 16.4. The van der Waals surface area contributed by atoms with Gasteiger partial charge in [-0.2, -0.15) is 5.21 Å². The van der Waals surface area contributed by atoms with Gasteiger partial charge in [-0.3, -0.25) is 4.79 Å². The summed E-state index contributed by atoms with van der Waals surface area (Å²) in [5.74, 6) is 1.32. The minimum Gasteiger partial charge on any atom is -0.493 e. The average Bonchev–Trinajstić information content (AvgIpc) is 3.12. The van der Waals surface area contributed by atoms with Gasteiger partial charge >= 0.3 is 0 Å². The molecule has 1 fully saturated rings. The highest BCUT2D eigenvalue weighted by Crippen LogP contribution is 2.24. The van der Waals surface area contributed by atoms with Crippen LogP contribution in [0.15, 0.2) is 18.2 Å². The number of morpholine rings is 1. The molecule has 1 N–H and O–H groups in total. The maximum absolute atomic E-state index is 12.6. The highest BCUT2D eigenvalue weighted by Gasteiger charge is 2.31. The number of hydrogen-bond acceptors (Lipinski definition) is 6. The number of hydrogen-bond donors (Lipinski definition) is 1. The number of aromatic nitrogens is 4. The van der Waals surface area contributed by atoms with Gasteiger partial charge in [0.15, 0.2) is 5.82 Å². The number of aryl methyl sites for hydroxylation is 2. The second-order valence-corrected chi connectivity index (χ2v) is 5.77. The summed E-state index contributed by atoms with van der Waals surface area (Å²) < 4.78 is 11.3. The van der Waals surface area contributed by atoms with Crippen molar-refractivity contribution in [3.05, 3.63) is 35.2 Å². The number of para-hydroxylation sites is 1. The number of rotatable bonds is 5. The summed E-state index contributed by atoms with van der Waals surface area (Å²) >= 11 is 0. The topological polar surface area (TPSA) is 93.2 Å². The maximum atomic E-state index is 12.6. The highest BCUT2D eigenvalue weighted by atomic mass is 16.5. The molecule has 2 heterocycles. The van der Waals surface area contributed by atoms with Gasteiger partial charge in [0, 0.05) is 6.54 Å². The van der Waals surface area contributed by atoms with Crippen LogP contribution in [-0.2, 0) is 9.53 Å². The van der Waals surface area contributed by atoms with Crippen LogP contribution >= 0.6 is 0 Å². The molecule has 1 saturated heterocycles. The number of carbonyl (C=O) groups is 1. The third-order valence-electron chi connectivity index (χ3n) is 4.08. The standard InChI is InChI=1S/C16H21N5O3/c1-11-4-3-5-12(2)15(11)24-8-6-14(22)21-7-9-23-10-13(21)16-17-19-20-18-16/h3-5,13H,6-10H2,1-2H3,(H,17,18,19,20)/t13-/m0/s1. The predicted molar refractivity (Wildman–Crippen MR) is 85.5 cm³/mol. The summed E-state index contributed by atoms with van der Waals surface area (Å²) in [6.45, 7) is 5.74. The summed E-state index contributed by atoms with van der Waals surface area (Å²) in [6, 6.07) is 5.69. The van der Waals surface area contributed by atoms with E-state index in [1.807, 2.05) is 32.0 Å². The molecule has 1 aliphatic heterocycles. The zero-order valence-electron chi connectivity index (χ0n) is 13.9. The van der Waals surface area contributed by atoms with E-state index in [9.17, 15) is 4.79 Å². The first-order chi connectivity index (χ1) is 11.7. The molecule has 1 amide bonds. The number of benzene rings is 1. The monoisotopic (exact) mass is 331 g/mol. The lowest BCUT2D eigenvalue weighted by Gasteiger charge is -2.33. The molecule has 2 aromatic rings. The Kier molecular flexibility index (Phi) is 5.05. The van der Waals surface area contributed by atoms with Crippen LogP contribution in [0.5, 0.6) is 5.75 Å². The van der Waals surface area contributed by atoms with Crippen LogP contribution in [-0.4, -0.2) is 57.8 Å². The molecule has 1 aromatic carbocycles. The van der Waals surface area contributed by atoms with Gasteiger partial charge < -0.3 is 14.4 Å². The highest BCUT2D eigenvalue weighted by molar-refractivity contribution is 5.76. The van der Waals surface area contributed by atoms with E-state index in [2.05, 4.69) is 20.6 Å². The molecule has 1 atom stereocenters. The molecule has 0 saturated carbocycles. The molecule has 8 heteroatoms. The van der Waals surface area contributed by atoms with E-state index in [0.29, 0.717) is 38.6 Å². The van der Waals surface area contributed by atoms with Gasteiger partial charge in [-0.05, 0) is 25.0 Å². The number of ether oxygens (including phenoxy) is 2. The van der Waals surface area contributed by atoms with Crippen molar-refractivity contribution < 1.29 is 14.3 Å². The quantitative estimate of drug-likeness (QED) is 0.884. The van der Waals surface area contributed by atoms with Gasteiger partial charge in [-0.1, -0.05) is 23.4 Å². The van der Waals surface area contributed by atoms with Gasteiger partial charge in [0.2, 0.25) is 5.91 Å². The fraction of sp³-hybridized carbons (Fsp3) is 0.500. The number of aromatic amines is 1. The van der Waals surface area contributed by atoms with Gasteiger partial charge in [-0.15, -0.1) is 10.2 Å². The fourth-order valence-electron chi connectivity index (χ4n) is 2.84. The van der Waals surface area contributed by atoms with Crippen molar-refractivity contribution in [1.29, 1.82) is 0 Å². The Morgan fingerprint density at radius 2 is 2.21 bits per heavy atom. The van der Waals surface area contributed by atoms with Crippen molar-refractivity contribution in [3.63, 3.8) is 0 Å². The van der Waals surface area contributed by atoms with Gasteiger partial charge in [0.25, 0.3) is 0 Å². The number of H-pyrrole nitrogens is 1. The van der Waals surface area contributed by atoms with Crippen LogP contribution in [0.4, 0.5) is 0 Å². The summed E-state index contributed by atoms with van der Waals surface area (Å²) in [5.41, 5.74) is 2.14. The average molecular weight is 331 g/mol. The number of nitrogens with one attached hydrogen (secondary N) is 1. The molecular formula is C16H21N5O3. The first-order valence-corrected chi connectivity index (χ1v) is 7.96. The number of amides is 1. The van der Waals surface area contributed by atoms with Crippen molar-refractivity contribution >= 4 is 5.91 Å². The van der Waals surface area contributed by atoms with Crippen LogP contribution < -0.4 is 4.74 Å². The third-order valence-corrected chi connectivity index (χ3v) is 4.08. The number of nitrogens with zero attached hydrogens (tertiary/aromatic N) is 4. The lowest BCUT2D eigenvalue weighted by atomic mass is 10.1. The molecule has 0 unspecified atom stereocenters. The Balaban J connectivity index is 1.59. The SMILES string of the molecule is Cc1cccc(C)c1OCCC(=O)N1CCOC[C@H]1c1nn[nH]n1. The summed E-state index contributed by atoms with van der Waals surface area (Å²) in [7, 11) is 0. The van der Waals surface area contributed by atoms with Crippen LogP contribution in [0.1, 0.15) is 29.4 Å². The zero-order valence-corrected chi connectivity index (χ0v) is 13.9. The molecule has 0 spiro atoms. The zero-order chi connectivity index (χ0) is 16.9. The van der Waals surface area contributed by atoms with E-state index in [0.717, 1.165) is 16.9 Å². The van der Waals surface area contributed by atoms with Gasteiger partial charge in [-0.25, -0.2) is 0 Å². The molecule has 3 rings (SSSR count). The molecule has 24 heavy (non-hydrogen) atoms. The molecule has 0 aliphatic carbocycles. The number of tetrazole rings is 1. The van der Waals surface area contributed by atoms with Crippen molar-refractivity contribution in [1.82, 2.24) is 25.5 Å². The predicted octanol–water partition coefficient (Wildman–Crippen LogP) is 1.19. The van der Waals surface area contributed by atoms with E-state index < -0.39 is 0 Å². The summed E-state index contributed by atoms with van der Waals surface area (Å²) in [5, 5.41) is 13.9. The third kappa shape index (κ3) is 3.53. The Bertz CT molecular complexity index is 669. The molecular weight excluding hydrogens is 310 g/mol. The second kappa shape index (κ2) is 7.39. The minimum atomic E-state index is -0.301. The smallest absolute Gasteiger partial charge is 0.226 e. The van der Waals surface area contributed by atoms with Crippen molar-refractivity contribution in [2.75, 3.05) is 26.4 Å². The van der Waals surface area contributed by atoms with E-state index in [-0.39, 0.29) is 11.9 Å². The van der Waals surface area contributed by atoms with Crippen molar-refractivity contribution in [3.8, 4) is 5.75 Å². The Morgan fingerprint density at radius 3 is 2.92 bits per heavy atom. The van der Waals surface area contributed by atoms with Crippen LogP contribution in [0, 0.1) is 13.8 Å². The van der Waals surface area contributed by atoms with Gasteiger partial charge in [0.05, 0.1) is 26.2 Å². The van der Waals surface area contributed by atoms with E-state index in [1.54, 1.807) is 4.90 Å². The largest absolute Gasteiger partial charge is 0.493 e. The van der Waals surface area contributed by atoms with Crippen molar-refractivity contribution in [2.24, 2.45) is 0 Å². The van der Waals surface area contributed by atoms with Crippen LogP contribution in [0.3, 0.4) is 0 Å². The Hall–Kier alpha value is -2.48. The lowest BCUT2D eigenvalue weighted by molar-refractivity contribution is -0.141. The molecule has 1 aliphatic rings. The lowest BCUT2D eigenvalue weighted by Crippen LogP contribution is -2.44. The van der Waals surface area contributed by atoms with E-state index in [4.69, 9.17) is 9.47 Å². The summed E-state index contributed by atoms with van der Waals surface area (Å²) in [6.07, 6.45) is 0.294. The fourth-order valence-corrected chi connectivity index (χ4v) is 2.84. The van der Waals surface area contributed by atoms with Gasteiger partial charge in [0.1, 0.15) is 11.8 Å². The number of carbonyl (C=O) groups excluding carboxylic acids is 1. The normalized spacial score (nSPS) is 17.8. The van der Waals surface area contributed by atoms with Crippen LogP contribution in [0.25, 0.3) is 0 Å². The second-order valence-electron chi connectivity index (χ2n) is 5.77. The maximum Gasteiger partial charge on any atom is 0.226 e. The first-order valence-electron chi connectivity index (χ1n) is 7.96. The Morgan fingerprint density at radius 1 is 1.42 bits per heavy atom. The van der Waals surface area contributed by atoms with E-state index >= 15 is 0 Å². The molecule has 0 bridgehead atoms. The molecule has 1 aromatic heterocycles. The Labute approximate surface area is 140 Å². The summed E-state index contributed by atoms with van der Waals surface area (Å²) in [4.78, 5) is 14.3. The molecule has 0 radical (unpaired) electrons.